The number of hydrogen-bond donors (Lipinski definition) is 1. The van der Waals surface area contributed by atoms with Crippen molar-refractivity contribution in [1.29, 1.82) is 0 Å². The van der Waals surface area contributed by atoms with E-state index in [0.717, 1.165) is 24.1 Å². The van der Waals surface area contributed by atoms with Crippen molar-refractivity contribution in [3.63, 3.8) is 0 Å². The summed E-state index contributed by atoms with van der Waals surface area (Å²) in [5, 5.41) is 3.73. The second-order valence-corrected chi connectivity index (χ2v) is 6.51. The van der Waals surface area contributed by atoms with Gasteiger partial charge in [0.25, 0.3) is 0 Å². The van der Waals surface area contributed by atoms with Gasteiger partial charge in [-0.25, -0.2) is 0 Å². The Balaban J connectivity index is 1.57. The van der Waals surface area contributed by atoms with Crippen LogP contribution in [-0.4, -0.2) is 43.7 Å². The molecule has 1 aliphatic carbocycles. The van der Waals surface area contributed by atoms with Gasteiger partial charge in [-0.15, -0.1) is 0 Å². The Morgan fingerprint density at radius 2 is 2.00 bits per heavy atom. The summed E-state index contributed by atoms with van der Waals surface area (Å²) < 4.78 is 5.23. The minimum Gasteiger partial charge on any atom is -0.497 e. The van der Waals surface area contributed by atoms with Crippen molar-refractivity contribution in [2.24, 2.45) is 5.92 Å². The zero-order valence-electron chi connectivity index (χ0n) is 13.3. The van der Waals surface area contributed by atoms with E-state index >= 15 is 0 Å². The predicted octanol–water partition coefficient (Wildman–Crippen LogP) is 2.70. The highest BCUT2D eigenvalue weighted by Crippen LogP contribution is 2.36. The fourth-order valence-electron chi connectivity index (χ4n) is 3.44. The summed E-state index contributed by atoms with van der Waals surface area (Å²) in [6, 6.07) is 9.98. The number of benzene rings is 1. The summed E-state index contributed by atoms with van der Waals surface area (Å²) in [7, 11) is 1.72. The zero-order chi connectivity index (χ0) is 14.7. The summed E-state index contributed by atoms with van der Waals surface area (Å²) in [6.45, 7) is 5.88. The highest BCUT2D eigenvalue weighted by Gasteiger charge is 2.38. The molecule has 1 aliphatic heterocycles. The highest BCUT2D eigenvalue weighted by atomic mass is 16.5. The van der Waals surface area contributed by atoms with E-state index in [0.29, 0.717) is 6.04 Å². The third-order valence-electron chi connectivity index (χ3n) is 5.05. The molecular weight excluding hydrogens is 260 g/mol. The lowest BCUT2D eigenvalue weighted by atomic mass is 10.0. The number of nitrogens with zero attached hydrogens (tertiary/aromatic N) is 1. The average Bonchev–Trinajstić information content (AvgIpc) is 3.38. The van der Waals surface area contributed by atoms with Gasteiger partial charge in [0.1, 0.15) is 5.75 Å². The molecule has 1 saturated heterocycles. The Morgan fingerprint density at radius 3 is 2.62 bits per heavy atom. The van der Waals surface area contributed by atoms with Crippen molar-refractivity contribution < 1.29 is 4.74 Å². The maximum atomic E-state index is 5.23. The van der Waals surface area contributed by atoms with Crippen LogP contribution in [0.4, 0.5) is 0 Å². The molecule has 0 bridgehead atoms. The molecule has 1 aromatic rings. The molecule has 3 rings (SSSR count). The smallest absolute Gasteiger partial charge is 0.118 e. The number of rotatable bonds is 6. The van der Waals surface area contributed by atoms with Crippen LogP contribution in [-0.2, 0) is 6.42 Å². The molecule has 1 saturated carbocycles. The topological polar surface area (TPSA) is 24.5 Å². The van der Waals surface area contributed by atoms with E-state index in [4.69, 9.17) is 4.74 Å². The van der Waals surface area contributed by atoms with Crippen LogP contribution in [0.3, 0.4) is 0 Å². The molecule has 2 fully saturated rings. The van der Waals surface area contributed by atoms with Gasteiger partial charge in [0.2, 0.25) is 0 Å². The van der Waals surface area contributed by atoms with E-state index in [1.807, 2.05) is 0 Å². The first kappa shape index (κ1) is 14.9. The van der Waals surface area contributed by atoms with Gasteiger partial charge < -0.3 is 10.1 Å². The van der Waals surface area contributed by atoms with E-state index in [9.17, 15) is 0 Å². The Labute approximate surface area is 128 Å². The Hall–Kier alpha value is -1.06. The summed E-state index contributed by atoms with van der Waals surface area (Å²) in [5.74, 6) is 1.90. The van der Waals surface area contributed by atoms with E-state index in [2.05, 4.69) is 41.4 Å². The monoisotopic (exact) mass is 288 g/mol. The van der Waals surface area contributed by atoms with Gasteiger partial charge in [0.15, 0.2) is 0 Å². The Bertz CT molecular complexity index is 441. The quantitative estimate of drug-likeness (QED) is 0.871. The molecule has 0 aromatic heterocycles. The molecule has 1 N–H and O–H groups in total. The molecule has 2 atom stereocenters. The predicted molar refractivity (Wildman–Crippen MR) is 86.9 cm³/mol. The second kappa shape index (κ2) is 6.80. The number of ether oxygens (including phenoxy) is 1. The molecular formula is C18H28N2O. The van der Waals surface area contributed by atoms with E-state index in [1.54, 1.807) is 7.11 Å². The van der Waals surface area contributed by atoms with Crippen LogP contribution in [0.15, 0.2) is 24.3 Å². The van der Waals surface area contributed by atoms with Crippen LogP contribution in [0, 0.1) is 5.92 Å². The van der Waals surface area contributed by atoms with Crippen molar-refractivity contribution in [2.75, 3.05) is 26.7 Å². The molecule has 2 aliphatic rings. The van der Waals surface area contributed by atoms with Crippen LogP contribution in [0.1, 0.15) is 31.7 Å². The van der Waals surface area contributed by atoms with Gasteiger partial charge in [-0.2, -0.15) is 0 Å². The zero-order valence-corrected chi connectivity index (χ0v) is 13.3. The largest absolute Gasteiger partial charge is 0.497 e. The molecule has 3 nitrogen and oxygen atoms in total. The Morgan fingerprint density at radius 1 is 1.24 bits per heavy atom. The van der Waals surface area contributed by atoms with Crippen molar-refractivity contribution in [3.05, 3.63) is 29.8 Å². The summed E-state index contributed by atoms with van der Waals surface area (Å²) in [6.07, 6.45) is 5.24. The molecule has 0 spiro atoms. The van der Waals surface area contributed by atoms with Crippen LogP contribution in [0.5, 0.6) is 5.75 Å². The third kappa shape index (κ3) is 3.78. The second-order valence-electron chi connectivity index (χ2n) is 6.51. The first-order valence-corrected chi connectivity index (χ1v) is 8.40. The number of piperazine rings is 1. The van der Waals surface area contributed by atoms with Gasteiger partial charge in [-0.05, 0) is 49.3 Å². The lowest BCUT2D eigenvalue weighted by Crippen LogP contribution is -2.57. The number of hydrogen-bond acceptors (Lipinski definition) is 3. The third-order valence-corrected chi connectivity index (χ3v) is 5.05. The molecule has 2 unspecified atom stereocenters. The van der Waals surface area contributed by atoms with E-state index in [1.165, 1.54) is 44.5 Å². The van der Waals surface area contributed by atoms with Crippen molar-refractivity contribution in [3.8, 4) is 5.75 Å². The molecule has 0 radical (unpaired) electrons. The normalized spacial score (nSPS) is 26.8. The highest BCUT2D eigenvalue weighted by molar-refractivity contribution is 5.27. The van der Waals surface area contributed by atoms with Gasteiger partial charge in [-0.3, -0.25) is 4.90 Å². The Kier molecular flexibility index (Phi) is 4.81. The maximum Gasteiger partial charge on any atom is 0.118 e. The standard InChI is InChI=1S/C18H28N2O/c1-3-16-13-20(18(12-19-16)15-6-7-15)11-10-14-4-8-17(21-2)9-5-14/h4-5,8-9,15-16,18-19H,3,6-7,10-13H2,1-2H3. The van der Waals surface area contributed by atoms with Gasteiger partial charge in [-0.1, -0.05) is 19.1 Å². The van der Waals surface area contributed by atoms with E-state index in [-0.39, 0.29) is 0 Å². The van der Waals surface area contributed by atoms with Crippen LogP contribution >= 0.6 is 0 Å². The van der Waals surface area contributed by atoms with Crippen molar-refractivity contribution in [2.45, 2.75) is 44.7 Å². The first-order chi connectivity index (χ1) is 10.3. The SMILES string of the molecule is CCC1CN(CCc2ccc(OC)cc2)C(C2CC2)CN1. The van der Waals surface area contributed by atoms with Crippen LogP contribution in [0.2, 0.25) is 0 Å². The summed E-state index contributed by atoms with van der Waals surface area (Å²) in [4.78, 5) is 2.74. The number of methoxy groups -OCH3 is 1. The molecule has 3 heteroatoms. The number of nitrogens with one attached hydrogen (secondary N) is 1. The molecule has 0 amide bonds. The average molecular weight is 288 g/mol. The summed E-state index contributed by atoms with van der Waals surface area (Å²) in [5.41, 5.74) is 1.41. The van der Waals surface area contributed by atoms with Gasteiger partial charge in [0.05, 0.1) is 7.11 Å². The first-order valence-electron chi connectivity index (χ1n) is 8.40. The summed E-state index contributed by atoms with van der Waals surface area (Å²) >= 11 is 0. The van der Waals surface area contributed by atoms with Crippen molar-refractivity contribution >= 4 is 0 Å². The minimum absolute atomic E-state index is 0.677. The lowest BCUT2D eigenvalue weighted by molar-refractivity contribution is 0.115. The lowest BCUT2D eigenvalue weighted by Gasteiger charge is -2.40. The van der Waals surface area contributed by atoms with E-state index < -0.39 is 0 Å². The fraction of sp³-hybridized carbons (Fsp3) is 0.667. The van der Waals surface area contributed by atoms with Gasteiger partial charge in [0, 0.05) is 31.7 Å². The van der Waals surface area contributed by atoms with Crippen LogP contribution in [0.25, 0.3) is 0 Å². The minimum atomic E-state index is 0.677. The van der Waals surface area contributed by atoms with Crippen molar-refractivity contribution in [1.82, 2.24) is 10.2 Å². The molecule has 1 heterocycles. The maximum absolute atomic E-state index is 5.23. The van der Waals surface area contributed by atoms with Gasteiger partial charge >= 0.3 is 0 Å². The molecule has 21 heavy (non-hydrogen) atoms. The molecule has 1 aromatic carbocycles. The molecule has 116 valence electrons. The van der Waals surface area contributed by atoms with Crippen LogP contribution < -0.4 is 10.1 Å². The fourth-order valence-corrected chi connectivity index (χ4v) is 3.44.